The summed E-state index contributed by atoms with van der Waals surface area (Å²) in [5, 5.41) is 17.8. The van der Waals surface area contributed by atoms with Gasteiger partial charge in [0.1, 0.15) is 0 Å². The first-order valence-electron chi connectivity index (χ1n) is 4.66. The van der Waals surface area contributed by atoms with Crippen LogP contribution in [0.25, 0.3) is 0 Å². The third-order valence-electron chi connectivity index (χ3n) is 2.31. The number of ether oxygens (including phenoxy) is 1. The number of hydrogen-bond acceptors (Lipinski definition) is 3. The van der Waals surface area contributed by atoms with Gasteiger partial charge in [0.05, 0.1) is 24.9 Å². The second-order valence-electron chi connectivity index (χ2n) is 3.57. The molecule has 1 aliphatic rings. The van der Waals surface area contributed by atoms with Crippen molar-refractivity contribution in [3.63, 3.8) is 0 Å². The zero-order valence-electron chi connectivity index (χ0n) is 7.57. The number of rotatable bonds is 4. The molecule has 0 saturated carbocycles. The van der Waals surface area contributed by atoms with E-state index in [2.05, 4.69) is 0 Å². The summed E-state index contributed by atoms with van der Waals surface area (Å²) < 4.78 is 5.50. The fourth-order valence-corrected chi connectivity index (χ4v) is 1.55. The van der Waals surface area contributed by atoms with Crippen LogP contribution in [0.5, 0.6) is 0 Å². The lowest BCUT2D eigenvalue weighted by Crippen LogP contribution is -2.15. The van der Waals surface area contributed by atoms with Crippen LogP contribution in [0.1, 0.15) is 32.6 Å². The number of hydrogen-bond donors (Lipinski definition) is 2. The molecule has 0 aliphatic carbocycles. The van der Waals surface area contributed by atoms with E-state index in [0.29, 0.717) is 0 Å². The van der Waals surface area contributed by atoms with Gasteiger partial charge in [-0.1, -0.05) is 0 Å². The van der Waals surface area contributed by atoms with Gasteiger partial charge in [-0.3, -0.25) is 0 Å². The van der Waals surface area contributed by atoms with Crippen molar-refractivity contribution in [2.24, 2.45) is 0 Å². The smallest absolute Gasteiger partial charge is 0.0810 e. The third-order valence-corrected chi connectivity index (χ3v) is 2.31. The van der Waals surface area contributed by atoms with Crippen LogP contribution in [0.3, 0.4) is 0 Å². The average Bonchev–Trinajstić information content (AvgIpc) is 2.48. The molecule has 0 amide bonds. The van der Waals surface area contributed by atoms with Gasteiger partial charge < -0.3 is 14.9 Å². The van der Waals surface area contributed by atoms with Gasteiger partial charge in [-0.05, 0) is 32.6 Å². The summed E-state index contributed by atoms with van der Waals surface area (Å²) in [7, 11) is 0. The summed E-state index contributed by atoms with van der Waals surface area (Å²) >= 11 is 0. The molecular weight excluding hydrogens is 156 g/mol. The van der Waals surface area contributed by atoms with Crippen molar-refractivity contribution < 1.29 is 14.9 Å². The number of aliphatic hydroxyl groups excluding tert-OH is 2. The summed E-state index contributed by atoms with van der Waals surface area (Å²) in [6, 6.07) is 0. The first kappa shape index (κ1) is 9.96. The van der Waals surface area contributed by atoms with Gasteiger partial charge in [0.25, 0.3) is 0 Å². The van der Waals surface area contributed by atoms with E-state index in [1.165, 1.54) is 0 Å². The minimum Gasteiger partial charge on any atom is -0.394 e. The van der Waals surface area contributed by atoms with E-state index in [1.807, 2.05) is 0 Å². The Labute approximate surface area is 73.4 Å². The Kier molecular flexibility index (Phi) is 3.98. The normalized spacial score (nSPS) is 32.2. The van der Waals surface area contributed by atoms with Gasteiger partial charge in [-0.15, -0.1) is 0 Å². The van der Waals surface area contributed by atoms with Gasteiger partial charge in [-0.2, -0.15) is 0 Å². The first-order chi connectivity index (χ1) is 5.72. The van der Waals surface area contributed by atoms with E-state index in [0.717, 1.165) is 25.7 Å². The standard InChI is InChI=1S/C9H18O3/c1-7(11)2-3-8-4-5-9(6-10)12-8/h7-11H,2-6H2,1H3/t7-,8-,9+/m0/s1. The molecule has 72 valence electrons. The Hall–Kier alpha value is -0.120. The van der Waals surface area contributed by atoms with E-state index in [-0.39, 0.29) is 24.9 Å². The van der Waals surface area contributed by atoms with Crippen molar-refractivity contribution >= 4 is 0 Å². The predicted octanol–water partition coefficient (Wildman–Crippen LogP) is 0.687. The van der Waals surface area contributed by atoms with Crippen molar-refractivity contribution in [3.05, 3.63) is 0 Å². The molecule has 1 heterocycles. The molecule has 1 rings (SSSR count). The predicted molar refractivity (Wildman–Crippen MR) is 45.9 cm³/mol. The number of aliphatic hydroxyl groups is 2. The first-order valence-corrected chi connectivity index (χ1v) is 4.66. The highest BCUT2D eigenvalue weighted by Crippen LogP contribution is 2.23. The van der Waals surface area contributed by atoms with E-state index in [9.17, 15) is 0 Å². The van der Waals surface area contributed by atoms with Crippen molar-refractivity contribution in [1.82, 2.24) is 0 Å². The zero-order valence-corrected chi connectivity index (χ0v) is 7.57. The van der Waals surface area contributed by atoms with Crippen LogP contribution in [-0.4, -0.2) is 35.1 Å². The summed E-state index contributed by atoms with van der Waals surface area (Å²) in [4.78, 5) is 0. The minimum absolute atomic E-state index is 0.0454. The molecule has 0 aromatic heterocycles. The van der Waals surface area contributed by atoms with E-state index in [4.69, 9.17) is 14.9 Å². The molecule has 1 saturated heterocycles. The Balaban J connectivity index is 2.11. The monoisotopic (exact) mass is 174 g/mol. The molecule has 0 spiro atoms. The average molecular weight is 174 g/mol. The molecule has 0 bridgehead atoms. The van der Waals surface area contributed by atoms with E-state index < -0.39 is 0 Å². The third kappa shape index (κ3) is 3.09. The highest BCUT2D eigenvalue weighted by molar-refractivity contribution is 4.73. The van der Waals surface area contributed by atoms with Crippen LogP contribution >= 0.6 is 0 Å². The Morgan fingerprint density at radius 2 is 2.08 bits per heavy atom. The lowest BCUT2D eigenvalue weighted by atomic mass is 10.1. The zero-order chi connectivity index (χ0) is 8.97. The van der Waals surface area contributed by atoms with Crippen LogP contribution in [0.15, 0.2) is 0 Å². The van der Waals surface area contributed by atoms with Gasteiger partial charge in [0.2, 0.25) is 0 Å². The molecular formula is C9H18O3. The van der Waals surface area contributed by atoms with Gasteiger partial charge in [-0.25, -0.2) is 0 Å². The topological polar surface area (TPSA) is 49.7 Å². The largest absolute Gasteiger partial charge is 0.394 e. The molecule has 1 aliphatic heterocycles. The molecule has 3 atom stereocenters. The Bertz CT molecular complexity index is 125. The van der Waals surface area contributed by atoms with Crippen LogP contribution in [0.2, 0.25) is 0 Å². The Morgan fingerprint density at radius 3 is 2.58 bits per heavy atom. The molecule has 2 N–H and O–H groups in total. The maximum absolute atomic E-state index is 9.03. The lowest BCUT2D eigenvalue weighted by molar-refractivity contribution is 0.00327. The fourth-order valence-electron chi connectivity index (χ4n) is 1.55. The van der Waals surface area contributed by atoms with Gasteiger partial charge in [0.15, 0.2) is 0 Å². The van der Waals surface area contributed by atoms with E-state index >= 15 is 0 Å². The molecule has 3 heteroatoms. The maximum Gasteiger partial charge on any atom is 0.0810 e. The molecule has 0 aromatic carbocycles. The van der Waals surface area contributed by atoms with Crippen LogP contribution in [0, 0.1) is 0 Å². The second kappa shape index (κ2) is 4.80. The van der Waals surface area contributed by atoms with E-state index in [1.54, 1.807) is 6.92 Å². The maximum atomic E-state index is 9.03. The fraction of sp³-hybridized carbons (Fsp3) is 1.00. The molecule has 0 aromatic rings. The lowest BCUT2D eigenvalue weighted by Gasteiger charge is -2.12. The summed E-state index contributed by atoms with van der Waals surface area (Å²) in [5.74, 6) is 0. The molecule has 3 nitrogen and oxygen atoms in total. The summed E-state index contributed by atoms with van der Waals surface area (Å²) in [6.07, 6.45) is 3.76. The second-order valence-corrected chi connectivity index (χ2v) is 3.57. The highest BCUT2D eigenvalue weighted by Gasteiger charge is 2.24. The van der Waals surface area contributed by atoms with Crippen molar-refractivity contribution in [2.75, 3.05) is 6.61 Å². The highest BCUT2D eigenvalue weighted by atomic mass is 16.5. The Morgan fingerprint density at radius 1 is 1.42 bits per heavy atom. The van der Waals surface area contributed by atoms with Crippen molar-refractivity contribution in [2.45, 2.75) is 50.9 Å². The summed E-state index contributed by atoms with van der Waals surface area (Å²) in [6.45, 7) is 1.92. The molecule has 0 radical (unpaired) electrons. The SMILES string of the molecule is C[C@H](O)CC[C@H]1CC[C@H](CO)O1. The summed E-state index contributed by atoms with van der Waals surface area (Å²) in [5.41, 5.74) is 0. The van der Waals surface area contributed by atoms with Crippen LogP contribution in [0.4, 0.5) is 0 Å². The van der Waals surface area contributed by atoms with Crippen molar-refractivity contribution in [1.29, 1.82) is 0 Å². The van der Waals surface area contributed by atoms with Crippen molar-refractivity contribution in [3.8, 4) is 0 Å². The quantitative estimate of drug-likeness (QED) is 0.659. The van der Waals surface area contributed by atoms with Gasteiger partial charge in [0, 0.05) is 0 Å². The van der Waals surface area contributed by atoms with Crippen LogP contribution < -0.4 is 0 Å². The molecule has 0 unspecified atom stereocenters. The minimum atomic E-state index is -0.234. The molecule has 1 fully saturated rings. The van der Waals surface area contributed by atoms with Crippen LogP contribution in [-0.2, 0) is 4.74 Å². The van der Waals surface area contributed by atoms with Gasteiger partial charge >= 0.3 is 0 Å². The molecule has 12 heavy (non-hydrogen) atoms.